The minimum Gasteiger partial charge on any atom is -0.256 e. The normalized spacial score (nSPS) is 20.4. The van der Waals surface area contributed by atoms with Crippen LogP contribution in [0.2, 0.25) is 0 Å². The molecule has 3 rings (SSSR count). The van der Waals surface area contributed by atoms with Crippen LogP contribution in [-0.4, -0.2) is 35.6 Å². The molecule has 0 N–H and O–H groups in total. The van der Waals surface area contributed by atoms with Crippen LogP contribution < -0.4 is 0 Å². The van der Waals surface area contributed by atoms with E-state index in [2.05, 4.69) is 21.0 Å². The van der Waals surface area contributed by atoms with Crippen LogP contribution >= 0.6 is 27.3 Å². The van der Waals surface area contributed by atoms with E-state index >= 15 is 0 Å². The summed E-state index contributed by atoms with van der Waals surface area (Å²) in [5.74, 6) is 0. The zero-order valence-corrected chi connectivity index (χ0v) is 15.4. The van der Waals surface area contributed by atoms with Gasteiger partial charge < -0.3 is 0 Å². The van der Waals surface area contributed by atoms with Crippen molar-refractivity contribution >= 4 is 37.3 Å². The molecule has 1 aliphatic rings. The highest BCUT2D eigenvalue weighted by atomic mass is 79.9. The third-order valence-electron chi connectivity index (χ3n) is 3.82. The van der Waals surface area contributed by atoms with Crippen LogP contribution in [0, 0.1) is 0 Å². The van der Waals surface area contributed by atoms with Gasteiger partial charge in [0.1, 0.15) is 9.90 Å². The molecule has 24 heavy (non-hydrogen) atoms. The average molecular weight is 444 g/mol. The van der Waals surface area contributed by atoms with E-state index in [0.717, 1.165) is 28.3 Å². The molecule has 1 fully saturated rings. The van der Waals surface area contributed by atoms with Crippen molar-refractivity contribution in [3.05, 3.63) is 33.9 Å². The van der Waals surface area contributed by atoms with Crippen LogP contribution in [0.5, 0.6) is 0 Å². The van der Waals surface area contributed by atoms with Gasteiger partial charge in [-0.15, -0.1) is 11.3 Å². The Hall–Kier alpha value is -0.910. The highest BCUT2D eigenvalue weighted by Crippen LogP contribution is 2.36. The molecule has 0 unspecified atom stereocenters. The second-order valence-corrected chi connectivity index (χ2v) is 9.28. The lowest BCUT2D eigenvalue weighted by Crippen LogP contribution is -2.41. The molecule has 11 heteroatoms. The summed E-state index contributed by atoms with van der Waals surface area (Å²) in [6.45, 7) is 0.253. The highest BCUT2D eigenvalue weighted by Gasteiger charge is 2.39. The van der Waals surface area contributed by atoms with Crippen LogP contribution in [0.4, 0.5) is 13.2 Å². The third kappa shape index (κ3) is 3.26. The Morgan fingerprint density at radius 2 is 2.08 bits per heavy atom. The summed E-state index contributed by atoms with van der Waals surface area (Å²) in [6, 6.07) is 1.90. The quantitative estimate of drug-likeness (QED) is 0.725. The topological polar surface area (TPSA) is 55.2 Å². The molecule has 0 radical (unpaired) electrons. The fourth-order valence-corrected chi connectivity index (χ4v) is 6.72. The number of halogens is 4. The molecule has 1 saturated heterocycles. The highest BCUT2D eigenvalue weighted by molar-refractivity contribution is 9.10. The fourth-order valence-electron chi connectivity index (χ4n) is 2.75. The first-order chi connectivity index (χ1) is 11.2. The van der Waals surface area contributed by atoms with Crippen molar-refractivity contribution in [2.24, 2.45) is 0 Å². The van der Waals surface area contributed by atoms with E-state index in [0.29, 0.717) is 17.3 Å². The first-order valence-electron chi connectivity index (χ1n) is 7.05. The van der Waals surface area contributed by atoms with Gasteiger partial charge in [-0.2, -0.15) is 22.6 Å². The molecule has 2 aromatic heterocycles. The van der Waals surface area contributed by atoms with E-state index in [-0.39, 0.29) is 17.3 Å². The fraction of sp³-hybridized carbons (Fsp3) is 0.462. The summed E-state index contributed by atoms with van der Waals surface area (Å²) >= 11 is 4.28. The predicted octanol–water partition coefficient (Wildman–Crippen LogP) is 3.75. The lowest BCUT2D eigenvalue weighted by molar-refractivity contribution is -0.145. The molecular formula is C13H13BrF3N3O2S2. The molecule has 0 aliphatic carbocycles. The molecule has 0 aromatic carbocycles. The molecule has 5 nitrogen and oxygen atoms in total. The van der Waals surface area contributed by atoms with Crippen molar-refractivity contribution in [1.82, 2.24) is 14.1 Å². The summed E-state index contributed by atoms with van der Waals surface area (Å²) in [5, 5.41) is 5.42. The molecule has 0 amide bonds. The lowest BCUT2D eigenvalue weighted by atomic mass is 10.1. The molecule has 1 aliphatic heterocycles. The summed E-state index contributed by atoms with van der Waals surface area (Å²) in [4.78, 5) is 0. The number of piperidine rings is 1. The monoisotopic (exact) mass is 443 g/mol. The maximum Gasteiger partial charge on any atom is 0.433 e. The third-order valence-corrected chi connectivity index (χ3v) is 8.34. The summed E-state index contributed by atoms with van der Waals surface area (Å²) < 4.78 is 67.3. The van der Waals surface area contributed by atoms with E-state index in [1.807, 2.05) is 0 Å². The smallest absolute Gasteiger partial charge is 0.256 e. The van der Waals surface area contributed by atoms with E-state index in [9.17, 15) is 21.6 Å². The standard InChI is InChI=1S/C13H13BrF3N3O2S2/c14-10-4-7-23-12(10)24(21,22)19-6-1-2-9(8-19)20-11(3-5-18-20)13(15,16)17/h3-5,7,9H,1-2,6,8H2/t9-/m0/s1. The molecule has 132 valence electrons. The first-order valence-corrected chi connectivity index (χ1v) is 10.2. The molecule has 1 atom stereocenters. The van der Waals surface area contributed by atoms with Gasteiger partial charge in [0.15, 0.2) is 0 Å². The first kappa shape index (κ1) is 17.9. The van der Waals surface area contributed by atoms with Crippen LogP contribution in [0.15, 0.2) is 32.4 Å². The van der Waals surface area contributed by atoms with Crippen molar-refractivity contribution in [2.45, 2.75) is 29.3 Å². The number of aromatic nitrogens is 2. The summed E-state index contributed by atoms with van der Waals surface area (Å²) in [7, 11) is -3.74. The second-order valence-electron chi connectivity index (χ2n) is 5.37. The number of hydrogen-bond donors (Lipinski definition) is 0. The molecule has 0 spiro atoms. The number of hydrogen-bond acceptors (Lipinski definition) is 4. The van der Waals surface area contributed by atoms with Gasteiger partial charge in [-0.3, -0.25) is 4.68 Å². The Balaban J connectivity index is 1.88. The van der Waals surface area contributed by atoms with E-state index < -0.39 is 27.9 Å². The van der Waals surface area contributed by atoms with Crippen molar-refractivity contribution < 1.29 is 21.6 Å². The molecule has 0 bridgehead atoms. The van der Waals surface area contributed by atoms with Crippen molar-refractivity contribution in [3.8, 4) is 0 Å². The molecular weight excluding hydrogens is 431 g/mol. The number of sulfonamides is 1. The Morgan fingerprint density at radius 3 is 2.71 bits per heavy atom. The van der Waals surface area contributed by atoms with Crippen LogP contribution in [0.1, 0.15) is 24.6 Å². The van der Waals surface area contributed by atoms with Crippen molar-refractivity contribution in [1.29, 1.82) is 0 Å². The summed E-state index contributed by atoms with van der Waals surface area (Å²) in [6.07, 6.45) is -2.51. The van der Waals surface area contributed by atoms with Crippen molar-refractivity contribution in [3.63, 3.8) is 0 Å². The minimum atomic E-state index is -4.52. The average Bonchev–Trinajstić information content (AvgIpc) is 3.15. The van der Waals surface area contributed by atoms with Crippen LogP contribution in [0.25, 0.3) is 0 Å². The van der Waals surface area contributed by atoms with Crippen LogP contribution in [0.3, 0.4) is 0 Å². The van der Waals surface area contributed by atoms with Gasteiger partial charge in [0.2, 0.25) is 0 Å². The zero-order chi connectivity index (χ0) is 17.5. The predicted molar refractivity (Wildman–Crippen MR) is 86.3 cm³/mol. The zero-order valence-electron chi connectivity index (χ0n) is 12.2. The van der Waals surface area contributed by atoms with E-state index in [1.54, 1.807) is 11.4 Å². The van der Waals surface area contributed by atoms with Gasteiger partial charge in [0, 0.05) is 23.8 Å². The molecule has 3 heterocycles. The number of thiophene rings is 1. The van der Waals surface area contributed by atoms with Gasteiger partial charge in [-0.1, -0.05) is 0 Å². The Labute approximate surface area is 149 Å². The van der Waals surface area contributed by atoms with Gasteiger partial charge in [-0.25, -0.2) is 8.42 Å². The van der Waals surface area contributed by atoms with Gasteiger partial charge in [0.25, 0.3) is 10.0 Å². The second kappa shape index (κ2) is 6.43. The van der Waals surface area contributed by atoms with Gasteiger partial charge in [-0.05, 0) is 46.3 Å². The SMILES string of the molecule is O=S(=O)(c1sccc1Br)N1CCC[C@H](n2nccc2C(F)(F)F)C1. The van der Waals surface area contributed by atoms with Crippen LogP contribution in [-0.2, 0) is 16.2 Å². The molecule has 0 saturated carbocycles. The minimum absolute atomic E-state index is 0.0303. The number of nitrogens with zero attached hydrogens (tertiary/aromatic N) is 3. The van der Waals surface area contributed by atoms with Crippen molar-refractivity contribution in [2.75, 3.05) is 13.1 Å². The Morgan fingerprint density at radius 1 is 1.33 bits per heavy atom. The largest absolute Gasteiger partial charge is 0.433 e. The maximum absolute atomic E-state index is 13.0. The summed E-state index contributed by atoms with van der Waals surface area (Å²) in [5.41, 5.74) is -0.857. The maximum atomic E-state index is 13.0. The lowest BCUT2D eigenvalue weighted by Gasteiger charge is -2.32. The Bertz CT molecular complexity index is 832. The van der Waals surface area contributed by atoms with Gasteiger partial charge >= 0.3 is 6.18 Å². The van der Waals surface area contributed by atoms with E-state index in [4.69, 9.17) is 0 Å². The number of alkyl halides is 3. The Kier molecular flexibility index (Phi) is 4.80. The number of rotatable bonds is 3. The molecule has 2 aromatic rings. The van der Waals surface area contributed by atoms with E-state index in [1.165, 1.54) is 4.31 Å². The van der Waals surface area contributed by atoms with Gasteiger partial charge in [0.05, 0.1) is 6.04 Å².